The van der Waals surface area contributed by atoms with Gasteiger partial charge in [0.15, 0.2) is 0 Å². The lowest BCUT2D eigenvalue weighted by Crippen LogP contribution is -2.04. The molecule has 1 aliphatic rings. The standard InChI is InChI=1S/C54H38N2/c1-3-15-47-40(10-1)12-7-19-48(47)41-27-31-42(32-28-41)53-20-8-13-45(52-34-44-11-2-4-16-49(44)50-17-5-6-18-51(50)52)35-54(56-53)43-29-25-38(26-30-43)37-21-23-39(24-22-37)46-14-9-33-55-36-46/h1-7,9-19,21-36H,8,20H2. The van der Waals surface area contributed by atoms with E-state index < -0.39 is 0 Å². The lowest BCUT2D eigenvalue weighted by atomic mass is 9.90. The number of hydrogen-bond acceptors (Lipinski definition) is 2. The topological polar surface area (TPSA) is 25.2 Å². The average Bonchev–Trinajstić information content (AvgIpc) is 3.27. The van der Waals surface area contributed by atoms with Gasteiger partial charge in [-0.2, -0.15) is 0 Å². The number of rotatable bonds is 6. The summed E-state index contributed by atoms with van der Waals surface area (Å²) in [7, 11) is 0. The Balaban J connectivity index is 1.05. The molecule has 9 aromatic rings. The Morgan fingerprint density at radius 3 is 1.71 bits per heavy atom. The van der Waals surface area contributed by atoms with E-state index in [9.17, 15) is 0 Å². The van der Waals surface area contributed by atoms with Crippen LogP contribution in [0.5, 0.6) is 0 Å². The van der Waals surface area contributed by atoms with Crippen molar-refractivity contribution in [3.8, 4) is 33.4 Å². The minimum absolute atomic E-state index is 0.835. The van der Waals surface area contributed by atoms with Crippen molar-refractivity contribution in [1.29, 1.82) is 0 Å². The second-order valence-corrected chi connectivity index (χ2v) is 14.5. The number of aromatic nitrogens is 1. The van der Waals surface area contributed by atoms with Crippen molar-refractivity contribution in [2.75, 3.05) is 0 Å². The van der Waals surface area contributed by atoms with Crippen LogP contribution in [0.15, 0.2) is 212 Å². The van der Waals surface area contributed by atoms with E-state index in [1.165, 1.54) is 65.7 Å². The number of pyridine rings is 1. The molecule has 0 spiro atoms. The number of benzene rings is 8. The molecule has 0 radical (unpaired) electrons. The molecule has 56 heavy (non-hydrogen) atoms. The Bertz CT molecular complexity index is 2960. The van der Waals surface area contributed by atoms with E-state index in [-0.39, 0.29) is 0 Å². The molecular weight excluding hydrogens is 677 g/mol. The molecule has 0 atom stereocenters. The Labute approximate surface area is 327 Å². The van der Waals surface area contributed by atoms with Crippen molar-refractivity contribution >= 4 is 49.3 Å². The number of aliphatic imine (C=N–C) groups is 1. The normalized spacial score (nSPS) is 13.2. The van der Waals surface area contributed by atoms with Crippen LogP contribution in [0.1, 0.15) is 29.5 Å². The largest absolute Gasteiger partial charge is 0.264 e. The smallest absolute Gasteiger partial charge is 0.0711 e. The number of allylic oxidation sites excluding steroid dienone is 3. The van der Waals surface area contributed by atoms with Crippen LogP contribution in [-0.4, -0.2) is 10.7 Å². The highest BCUT2D eigenvalue weighted by atomic mass is 14.8. The summed E-state index contributed by atoms with van der Waals surface area (Å²) in [5, 5.41) is 7.57. The zero-order chi connectivity index (χ0) is 37.3. The summed E-state index contributed by atoms with van der Waals surface area (Å²) in [5.41, 5.74) is 13.8. The monoisotopic (exact) mass is 714 g/mol. The first-order chi connectivity index (χ1) is 27.7. The molecule has 0 saturated heterocycles. The van der Waals surface area contributed by atoms with Gasteiger partial charge >= 0.3 is 0 Å². The molecular formula is C54H38N2. The molecule has 0 unspecified atom stereocenters. The lowest BCUT2D eigenvalue weighted by molar-refractivity contribution is 1.09. The minimum atomic E-state index is 0.835. The van der Waals surface area contributed by atoms with E-state index in [0.29, 0.717) is 0 Å². The Morgan fingerprint density at radius 2 is 0.982 bits per heavy atom. The van der Waals surface area contributed by atoms with Crippen molar-refractivity contribution in [2.45, 2.75) is 12.8 Å². The van der Waals surface area contributed by atoms with E-state index in [2.05, 4.69) is 193 Å². The van der Waals surface area contributed by atoms with Crippen molar-refractivity contribution in [3.05, 3.63) is 223 Å². The zero-order valence-corrected chi connectivity index (χ0v) is 30.9. The molecule has 0 bridgehead atoms. The second kappa shape index (κ2) is 14.6. The summed E-state index contributed by atoms with van der Waals surface area (Å²) < 4.78 is 0. The van der Waals surface area contributed by atoms with Gasteiger partial charge in [0.25, 0.3) is 0 Å². The van der Waals surface area contributed by atoms with Crippen LogP contribution in [0.25, 0.3) is 77.0 Å². The van der Waals surface area contributed by atoms with E-state index in [1.54, 1.807) is 0 Å². The quantitative estimate of drug-likeness (QED) is 0.157. The molecule has 2 nitrogen and oxygen atoms in total. The lowest BCUT2D eigenvalue weighted by Gasteiger charge is -2.17. The fraction of sp³-hybridized carbons (Fsp3) is 0.0370. The molecule has 0 fully saturated rings. The summed E-state index contributed by atoms with van der Waals surface area (Å²) in [6.45, 7) is 0. The van der Waals surface area contributed by atoms with E-state index in [4.69, 9.17) is 4.99 Å². The highest BCUT2D eigenvalue weighted by Gasteiger charge is 2.16. The van der Waals surface area contributed by atoms with Crippen LogP contribution in [-0.2, 0) is 0 Å². The molecule has 0 aliphatic carbocycles. The van der Waals surface area contributed by atoms with Gasteiger partial charge in [0.2, 0.25) is 0 Å². The molecule has 1 aromatic heterocycles. The highest BCUT2D eigenvalue weighted by Crippen LogP contribution is 2.37. The van der Waals surface area contributed by atoms with Crippen molar-refractivity contribution in [1.82, 2.24) is 4.98 Å². The molecule has 1 aliphatic heterocycles. The summed E-state index contributed by atoms with van der Waals surface area (Å²) >= 11 is 0. The third-order valence-electron chi connectivity index (χ3n) is 11.1. The van der Waals surface area contributed by atoms with Gasteiger partial charge in [-0.05, 0) is 113 Å². The number of fused-ring (bicyclic) bond motifs is 4. The molecule has 2 heteroatoms. The van der Waals surface area contributed by atoms with Crippen molar-refractivity contribution in [2.24, 2.45) is 4.99 Å². The minimum Gasteiger partial charge on any atom is -0.264 e. The average molecular weight is 715 g/mol. The van der Waals surface area contributed by atoms with Crippen LogP contribution < -0.4 is 0 Å². The van der Waals surface area contributed by atoms with Crippen LogP contribution in [0, 0.1) is 0 Å². The summed E-state index contributed by atoms with van der Waals surface area (Å²) in [4.78, 5) is 9.82. The molecule has 0 N–H and O–H groups in total. The second-order valence-electron chi connectivity index (χ2n) is 14.5. The van der Waals surface area contributed by atoms with Gasteiger partial charge in [0, 0.05) is 23.7 Å². The third kappa shape index (κ3) is 6.42. The molecule has 0 saturated carbocycles. The first-order valence-electron chi connectivity index (χ1n) is 19.4. The highest BCUT2D eigenvalue weighted by molar-refractivity contribution is 6.13. The predicted molar refractivity (Wildman–Crippen MR) is 238 cm³/mol. The predicted octanol–water partition coefficient (Wildman–Crippen LogP) is 14.2. The molecule has 2 heterocycles. The molecule has 0 amide bonds. The van der Waals surface area contributed by atoms with Gasteiger partial charge in [-0.1, -0.05) is 176 Å². The van der Waals surface area contributed by atoms with Crippen molar-refractivity contribution < 1.29 is 0 Å². The Kier molecular flexibility index (Phi) is 8.70. The van der Waals surface area contributed by atoms with Gasteiger partial charge in [-0.3, -0.25) is 9.98 Å². The van der Waals surface area contributed by atoms with Gasteiger partial charge in [-0.15, -0.1) is 0 Å². The van der Waals surface area contributed by atoms with Gasteiger partial charge in [0.1, 0.15) is 0 Å². The van der Waals surface area contributed by atoms with Gasteiger partial charge < -0.3 is 0 Å². The summed E-state index contributed by atoms with van der Waals surface area (Å²) in [5.74, 6) is 0. The number of nitrogens with zero attached hydrogens (tertiary/aromatic N) is 2. The summed E-state index contributed by atoms with van der Waals surface area (Å²) in [6, 6.07) is 65.7. The molecule has 10 rings (SSSR count). The zero-order valence-electron chi connectivity index (χ0n) is 30.9. The molecule has 8 aromatic carbocycles. The third-order valence-corrected chi connectivity index (χ3v) is 11.1. The first-order valence-corrected chi connectivity index (χ1v) is 19.4. The van der Waals surface area contributed by atoms with E-state index in [0.717, 1.165) is 46.5 Å². The van der Waals surface area contributed by atoms with E-state index >= 15 is 0 Å². The fourth-order valence-electron chi connectivity index (χ4n) is 8.18. The van der Waals surface area contributed by atoms with Gasteiger partial charge in [-0.25, -0.2) is 0 Å². The number of hydrogen-bond donors (Lipinski definition) is 0. The Morgan fingerprint density at radius 1 is 0.393 bits per heavy atom. The van der Waals surface area contributed by atoms with Crippen LogP contribution in [0.4, 0.5) is 0 Å². The maximum absolute atomic E-state index is 5.53. The fourth-order valence-corrected chi connectivity index (χ4v) is 8.18. The van der Waals surface area contributed by atoms with E-state index in [1.807, 2.05) is 18.5 Å². The van der Waals surface area contributed by atoms with Gasteiger partial charge in [0.05, 0.1) is 5.70 Å². The van der Waals surface area contributed by atoms with Crippen LogP contribution in [0.2, 0.25) is 0 Å². The SMILES string of the molecule is C1=C(c2ccc(-c3ccc(-c4cccnc4)cc3)cc2)N=C(c2ccc(-c3cccc4ccccc34)cc2)CCC=C1c1cc2ccccc2c2ccccc12. The summed E-state index contributed by atoms with van der Waals surface area (Å²) in [6.07, 6.45) is 10.2. The first kappa shape index (κ1) is 33.4. The van der Waals surface area contributed by atoms with Crippen LogP contribution in [0.3, 0.4) is 0 Å². The maximum Gasteiger partial charge on any atom is 0.0711 e. The van der Waals surface area contributed by atoms with Crippen LogP contribution >= 0.6 is 0 Å². The molecule has 264 valence electrons. The van der Waals surface area contributed by atoms with Crippen molar-refractivity contribution in [3.63, 3.8) is 0 Å². The Hall–Kier alpha value is -7.16. The maximum atomic E-state index is 5.53.